The van der Waals surface area contributed by atoms with Crippen molar-refractivity contribution in [2.45, 2.75) is 20.5 Å². The van der Waals surface area contributed by atoms with Gasteiger partial charge < -0.3 is 19.5 Å². The number of carbonyl (C=O) groups is 2. The summed E-state index contributed by atoms with van der Waals surface area (Å²) in [6.45, 7) is 4.18. The van der Waals surface area contributed by atoms with Crippen LogP contribution in [0.1, 0.15) is 35.3 Å². The third-order valence-corrected chi connectivity index (χ3v) is 5.97. The quantitative estimate of drug-likeness (QED) is 0.0682. The van der Waals surface area contributed by atoms with Crippen molar-refractivity contribution in [2.24, 2.45) is 0 Å². The van der Waals surface area contributed by atoms with Crippen molar-refractivity contribution in [1.82, 2.24) is 0 Å². The second-order valence-electron chi connectivity index (χ2n) is 7.90. The average molecular weight is 641 g/mol. The van der Waals surface area contributed by atoms with Gasteiger partial charge in [0.25, 0.3) is 11.6 Å². The summed E-state index contributed by atoms with van der Waals surface area (Å²) in [7, 11) is 0. The van der Waals surface area contributed by atoms with E-state index in [-0.39, 0.29) is 24.5 Å². The molecule has 0 aromatic heterocycles. The molecule has 3 aromatic carbocycles. The van der Waals surface area contributed by atoms with Crippen LogP contribution in [0.3, 0.4) is 0 Å². The summed E-state index contributed by atoms with van der Waals surface area (Å²) in [6.07, 6.45) is 1.43. The first-order valence-electron chi connectivity index (χ1n) is 11.8. The van der Waals surface area contributed by atoms with Crippen LogP contribution in [-0.2, 0) is 16.1 Å². The van der Waals surface area contributed by atoms with Gasteiger partial charge in [0.15, 0.2) is 11.5 Å². The number of nitro benzene ring substituents is 1. The van der Waals surface area contributed by atoms with E-state index >= 15 is 0 Å². The van der Waals surface area contributed by atoms with Crippen LogP contribution in [0.5, 0.6) is 11.5 Å². The van der Waals surface area contributed by atoms with Crippen molar-refractivity contribution >= 4 is 51.9 Å². The Morgan fingerprint density at radius 2 is 1.82 bits per heavy atom. The molecule has 39 heavy (non-hydrogen) atoms. The summed E-state index contributed by atoms with van der Waals surface area (Å²) in [4.78, 5) is 35.2. The number of anilines is 1. The lowest BCUT2D eigenvalue weighted by atomic mass is 10.1. The van der Waals surface area contributed by atoms with E-state index in [2.05, 4.69) is 27.9 Å². The molecule has 3 aromatic rings. The van der Waals surface area contributed by atoms with Crippen LogP contribution in [0, 0.1) is 25.0 Å². The largest absolute Gasteiger partial charge is 0.490 e. The second-order valence-corrected chi connectivity index (χ2v) is 9.06. The molecule has 0 heterocycles. The number of carbonyl (C=O) groups excluding carboxylic acids is 2. The van der Waals surface area contributed by atoms with Gasteiger partial charge in [0.2, 0.25) is 0 Å². The third kappa shape index (κ3) is 8.02. The lowest BCUT2D eigenvalue weighted by Gasteiger charge is -2.15. The van der Waals surface area contributed by atoms with Gasteiger partial charge in [0.05, 0.1) is 27.3 Å². The van der Waals surface area contributed by atoms with Gasteiger partial charge in [-0.1, -0.05) is 12.1 Å². The molecule has 0 fully saturated rings. The number of benzene rings is 3. The number of ether oxygens (including phenoxy) is 3. The van der Waals surface area contributed by atoms with E-state index in [9.17, 15) is 25.0 Å². The van der Waals surface area contributed by atoms with E-state index in [1.807, 2.05) is 6.07 Å². The number of nitrogens with zero attached hydrogens (tertiary/aromatic N) is 2. The molecule has 0 radical (unpaired) electrons. The topological polar surface area (TPSA) is 141 Å². The Balaban J connectivity index is 1.79. The number of nitrogens with one attached hydrogen (secondary N) is 1. The SMILES string of the molecule is CCOC(=O)c1ccc(NC(=O)/C(C#N)=C/c2cc(I)c(OCc3cccc([N+](=O)[O-])c3)c(OCC)c2)cc1. The van der Waals surface area contributed by atoms with Gasteiger partial charge in [-0.05, 0) is 90.0 Å². The van der Waals surface area contributed by atoms with E-state index in [0.717, 1.165) is 0 Å². The van der Waals surface area contributed by atoms with Gasteiger partial charge in [0.1, 0.15) is 18.2 Å². The van der Waals surface area contributed by atoms with Crippen LogP contribution >= 0.6 is 22.6 Å². The number of hydrogen-bond donors (Lipinski definition) is 1. The zero-order valence-electron chi connectivity index (χ0n) is 21.1. The molecule has 1 N–H and O–H groups in total. The van der Waals surface area contributed by atoms with Gasteiger partial charge in [-0.15, -0.1) is 0 Å². The summed E-state index contributed by atoms with van der Waals surface area (Å²) in [6, 6.07) is 17.6. The van der Waals surface area contributed by atoms with E-state index in [1.54, 1.807) is 50.2 Å². The molecule has 10 nitrogen and oxygen atoms in total. The lowest BCUT2D eigenvalue weighted by molar-refractivity contribution is -0.384. The number of nitriles is 1. The first kappa shape index (κ1) is 29.1. The fraction of sp³-hybridized carbons (Fsp3) is 0.179. The maximum Gasteiger partial charge on any atom is 0.338 e. The van der Waals surface area contributed by atoms with Crippen LogP contribution in [0.2, 0.25) is 0 Å². The van der Waals surface area contributed by atoms with Gasteiger partial charge >= 0.3 is 5.97 Å². The van der Waals surface area contributed by atoms with Crippen molar-refractivity contribution in [3.63, 3.8) is 0 Å². The highest BCUT2D eigenvalue weighted by atomic mass is 127. The average Bonchev–Trinajstić information content (AvgIpc) is 2.92. The van der Waals surface area contributed by atoms with Crippen molar-refractivity contribution in [3.05, 3.63) is 96.6 Å². The van der Waals surface area contributed by atoms with E-state index in [1.165, 1.54) is 30.3 Å². The molecule has 0 aliphatic carbocycles. The van der Waals surface area contributed by atoms with Crippen LogP contribution in [0.4, 0.5) is 11.4 Å². The molecular formula is C28H24IN3O7. The molecule has 1 amide bonds. The number of rotatable bonds is 11. The molecule has 0 unspecified atom stereocenters. The fourth-order valence-corrected chi connectivity index (χ4v) is 4.19. The molecular weight excluding hydrogens is 617 g/mol. The monoisotopic (exact) mass is 641 g/mol. The molecule has 0 aliphatic heterocycles. The number of nitro groups is 1. The summed E-state index contributed by atoms with van der Waals surface area (Å²) < 4.78 is 17.3. The zero-order valence-corrected chi connectivity index (χ0v) is 23.3. The Morgan fingerprint density at radius 3 is 2.46 bits per heavy atom. The predicted octanol–water partition coefficient (Wildman–Crippen LogP) is 5.90. The highest BCUT2D eigenvalue weighted by Crippen LogP contribution is 2.35. The Morgan fingerprint density at radius 1 is 1.08 bits per heavy atom. The molecule has 0 saturated carbocycles. The normalized spacial score (nSPS) is 10.8. The van der Waals surface area contributed by atoms with Crippen molar-refractivity contribution in [1.29, 1.82) is 5.26 Å². The minimum absolute atomic E-state index is 0.0337. The standard InChI is InChI=1S/C28H24IN3O7/c1-3-37-25-15-19(14-24(29)26(25)39-17-18-6-5-7-23(13-18)32(35)36)12-21(16-30)27(33)31-22-10-8-20(9-11-22)28(34)38-4-2/h5-15H,3-4,17H2,1-2H3,(H,31,33)/b21-12+. The summed E-state index contributed by atoms with van der Waals surface area (Å²) in [5, 5.41) is 23.3. The Bertz CT molecular complexity index is 1450. The smallest absolute Gasteiger partial charge is 0.338 e. The summed E-state index contributed by atoms with van der Waals surface area (Å²) in [5.74, 6) is -0.260. The molecule has 0 saturated heterocycles. The van der Waals surface area contributed by atoms with E-state index in [4.69, 9.17) is 14.2 Å². The van der Waals surface area contributed by atoms with Gasteiger partial charge in [0, 0.05) is 17.8 Å². The Labute approximate surface area is 238 Å². The number of esters is 1. The first-order chi connectivity index (χ1) is 18.7. The number of halogens is 1. The van der Waals surface area contributed by atoms with Crippen LogP contribution < -0.4 is 14.8 Å². The minimum Gasteiger partial charge on any atom is -0.490 e. The van der Waals surface area contributed by atoms with Gasteiger partial charge in [-0.2, -0.15) is 5.26 Å². The molecule has 0 atom stereocenters. The molecule has 0 aliphatic rings. The molecule has 200 valence electrons. The Kier molecular flexibility index (Phi) is 10.4. The summed E-state index contributed by atoms with van der Waals surface area (Å²) >= 11 is 2.06. The maximum absolute atomic E-state index is 12.8. The number of non-ortho nitro benzene ring substituents is 1. The van der Waals surface area contributed by atoms with Crippen molar-refractivity contribution in [2.75, 3.05) is 18.5 Å². The predicted molar refractivity (Wildman–Crippen MR) is 152 cm³/mol. The number of hydrogen-bond acceptors (Lipinski definition) is 8. The van der Waals surface area contributed by atoms with Crippen LogP contribution in [0.15, 0.2) is 66.2 Å². The van der Waals surface area contributed by atoms with Crippen molar-refractivity contribution in [3.8, 4) is 17.6 Å². The lowest BCUT2D eigenvalue weighted by Crippen LogP contribution is -2.13. The molecule has 11 heteroatoms. The highest BCUT2D eigenvalue weighted by Gasteiger charge is 2.16. The molecule has 0 spiro atoms. The number of amides is 1. The van der Waals surface area contributed by atoms with Gasteiger partial charge in [-0.25, -0.2) is 4.79 Å². The van der Waals surface area contributed by atoms with E-state index < -0.39 is 16.8 Å². The van der Waals surface area contributed by atoms with Gasteiger partial charge in [-0.3, -0.25) is 14.9 Å². The second kappa shape index (κ2) is 13.9. The minimum atomic E-state index is -0.625. The molecule has 0 bridgehead atoms. The Hall–Kier alpha value is -4.44. The fourth-order valence-electron chi connectivity index (χ4n) is 3.41. The first-order valence-corrected chi connectivity index (χ1v) is 12.9. The van der Waals surface area contributed by atoms with Crippen LogP contribution in [0.25, 0.3) is 6.08 Å². The zero-order chi connectivity index (χ0) is 28.4. The van der Waals surface area contributed by atoms with Crippen molar-refractivity contribution < 1.29 is 28.7 Å². The van der Waals surface area contributed by atoms with Crippen LogP contribution in [-0.4, -0.2) is 30.0 Å². The summed E-state index contributed by atoms with van der Waals surface area (Å²) in [5.41, 5.74) is 1.72. The highest BCUT2D eigenvalue weighted by molar-refractivity contribution is 14.1. The maximum atomic E-state index is 12.8. The molecule has 3 rings (SSSR count). The van der Waals surface area contributed by atoms with E-state index in [0.29, 0.717) is 44.1 Å². The third-order valence-electron chi connectivity index (χ3n) is 5.17.